The van der Waals surface area contributed by atoms with Crippen molar-refractivity contribution in [2.45, 2.75) is 43.9 Å². The number of allylic oxidation sites excluding steroid dienone is 3. The fourth-order valence-electron chi connectivity index (χ4n) is 5.14. The number of Topliss-reactive ketones (excluding diaryl/α,β-unsaturated/α-hetero) is 1. The van der Waals surface area contributed by atoms with E-state index in [-0.39, 0.29) is 28.7 Å². The maximum atomic E-state index is 13.7. The molecular weight excluding hydrogens is 564 g/mol. The van der Waals surface area contributed by atoms with E-state index >= 15 is 0 Å². The van der Waals surface area contributed by atoms with Gasteiger partial charge in [0.25, 0.3) is 0 Å². The number of nitrogens with one attached hydrogen (secondary N) is 1. The highest BCUT2D eigenvalue weighted by atomic mass is 35.5. The van der Waals surface area contributed by atoms with Gasteiger partial charge < -0.3 is 11.1 Å². The van der Waals surface area contributed by atoms with E-state index in [9.17, 15) is 14.9 Å². The summed E-state index contributed by atoms with van der Waals surface area (Å²) in [6, 6.07) is 17.1. The molecule has 0 bridgehead atoms. The molecule has 0 saturated heterocycles. The molecule has 0 fully saturated rings. The van der Waals surface area contributed by atoms with Gasteiger partial charge in [-0.2, -0.15) is 5.26 Å². The van der Waals surface area contributed by atoms with Crippen LogP contribution in [0.2, 0.25) is 5.02 Å². The van der Waals surface area contributed by atoms with Crippen molar-refractivity contribution in [1.29, 1.82) is 5.26 Å². The Morgan fingerprint density at radius 2 is 2.02 bits per heavy atom. The number of nitrogens with zero attached hydrogens (tertiary/aromatic N) is 4. The van der Waals surface area contributed by atoms with Crippen LogP contribution in [-0.2, 0) is 9.59 Å². The van der Waals surface area contributed by atoms with Crippen molar-refractivity contribution in [2.75, 3.05) is 16.0 Å². The minimum atomic E-state index is -0.546. The zero-order valence-electron chi connectivity index (χ0n) is 22.2. The molecule has 2 heterocycles. The summed E-state index contributed by atoms with van der Waals surface area (Å²) in [6.45, 7) is 6.08. The summed E-state index contributed by atoms with van der Waals surface area (Å²) in [5.74, 6) is -0.441. The van der Waals surface area contributed by atoms with E-state index in [1.807, 2.05) is 45.0 Å². The van der Waals surface area contributed by atoms with Gasteiger partial charge in [0.1, 0.15) is 5.82 Å². The minimum absolute atomic E-state index is 0.00152. The standard InChI is InChI=1S/C29H27ClN6O2S2/c1-16-7-6-8-17(11-16)24-18(14-31)26(32)36(21-12-29(2,3)13-22(37)25(21)24)27-34-35-28(40-27)39-15-23(38)33-20-10-5-4-9-19(20)30/h4-11,24H,12-13,15,32H2,1-3H3,(H,33,38). The molecule has 40 heavy (non-hydrogen) atoms. The number of rotatable bonds is 6. The lowest BCUT2D eigenvalue weighted by atomic mass is 9.68. The number of hydrogen-bond donors (Lipinski definition) is 2. The van der Waals surface area contributed by atoms with Crippen molar-refractivity contribution in [3.63, 3.8) is 0 Å². The van der Waals surface area contributed by atoms with Crippen molar-refractivity contribution in [3.05, 3.63) is 87.3 Å². The van der Waals surface area contributed by atoms with E-state index < -0.39 is 5.92 Å². The van der Waals surface area contributed by atoms with Crippen molar-refractivity contribution in [1.82, 2.24) is 10.2 Å². The fraction of sp³-hybridized carbons (Fsp3) is 0.276. The summed E-state index contributed by atoms with van der Waals surface area (Å²) < 4.78 is 0.556. The molecule has 0 radical (unpaired) electrons. The van der Waals surface area contributed by atoms with Crippen LogP contribution < -0.4 is 16.0 Å². The molecule has 1 aliphatic heterocycles. The number of aromatic nitrogens is 2. The number of halogens is 1. The number of nitriles is 1. The molecule has 1 unspecified atom stereocenters. The maximum absolute atomic E-state index is 13.7. The number of anilines is 2. The Bertz CT molecular complexity index is 1620. The van der Waals surface area contributed by atoms with Gasteiger partial charge in [-0.1, -0.05) is 90.5 Å². The Kier molecular flexibility index (Phi) is 7.73. The Morgan fingerprint density at radius 1 is 1.25 bits per heavy atom. The molecule has 5 rings (SSSR count). The molecule has 1 aliphatic carbocycles. The third-order valence-corrected chi connectivity index (χ3v) is 9.19. The van der Waals surface area contributed by atoms with Crippen LogP contribution in [0.4, 0.5) is 10.8 Å². The van der Waals surface area contributed by atoms with Gasteiger partial charge in [0.05, 0.1) is 34.0 Å². The summed E-state index contributed by atoms with van der Waals surface area (Å²) in [4.78, 5) is 27.9. The van der Waals surface area contributed by atoms with Crippen molar-refractivity contribution >= 4 is 57.2 Å². The van der Waals surface area contributed by atoms with Crippen LogP contribution in [0, 0.1) is 23.7 Å². The molecule has 2 aromatic carbocycles. The average molecular weight is 591 g/mol. The van der Waals surface area contributed by atoms with Crippen LogP contribution in [0.3, 0.4) is 0 Å². The Balaban J connectivity index is 1.47. The smallest absolute Gasteiger partial charge is 0.234 e. The van der Waals surface area contributed by atoms with E-state index in [1.54, 1.807) is 29.2 Å². The van der Waals surface area contributed by atoms with E-state index in [0.29, 0.717) is 44.2 Å². The number of hydrogen-bond acceptors (Lipinski definition) is 9. The largest absolute Gasteiger partial charge is 0.384 e. The summed E-state index contributed by atoms with van der Waals surface area (Å²) in [7, 11) is 0. The lowest BCUT2D eigenvalue weighted by molar-refractivity contribution is -0.118. The third-order valence-electron chi connectivity index (χ3n) is 6.82. The quantitative estimate of drug-likeness (QED) is 0.326. The number of ketones is 1. The van der Waals surface area contributed by atoms with E-state index in [4.69, 9.17) is 17.3 Å². The van der Waals surface area contributed by atoms with Crippen LogP contribution in [0.15, 0.2) is 75.5 Å². The van der Waals surface area contributed by atoms with Gasteiger partial charge in [-0.25, -0.2) is 0 Å². The molecule has 0 saturated carbocycles. The van der Waals surface area contributed by atoms with Crippen LogP contribution in [-0.4, -0.2) is 27.6 Å². The molecule has 3 N–H and O–H groups in total. The molecule has 11 heteroatoms. The number of amides is 1. The van der Waals surface area contributed by atoms with E-state index in [0.717, 1.165) is 16.8 Å². The highest BCUT2D eigenvalue weighted by Crippen LogP contribution is 2.50. The summed E-state index contributed by atoms with van der Waals surface area (Å²) in [5, 5.41) is 22.6. The first-order chi connectivity index (χ1) is 19.1. The summed E-state index contributed by atoms with van der Waals surface area (Å²) in [6.07, 6.45) is 0.955. The van der Waals surface area contributed by atoms with Gasteiger partial charge >= 0.3 is 0 Å². The number of para-hydroxylation sites is 1. The van der Waals surface area contributed by atoms with Gasteiger partial charge in [-0.05, 0) is 36.5 Å². The van der Waals surface area contributed by atoms with Crippen LogP contribution in [0.5, 0.6) is 0 Å². The van der Waals surface area contributed by atoms with Crippen LogP contribution in [0.25, 0.3) is 0 Å². The van der Waals surface area contributed by atoms with Gasteiger partial charge in [0, 0.05) is 17.7 Å². The van der Waals surface area contributed by atoms with Crippen molar-refractivity contribution in [3.8, 4) is 6.07 Å². The Morgan fingerprint density at radius 3 is 2.75 bits per heavy atom. The zero-order chi connectivity index (χ0) is 28.6. The second kappa shape index (κ2) is 11.1. The highest BCUT2D eigenvalue weighted by molar-refractivity contribution is 8.01. The second-order valence-corrected chi connectivity index (χ2v) is 13.1. The molecule has 8 nitrogen and oxygen atoms in total. The number of thioether (sulfide) groups is 1. The fourth-order valence-corrected chi connectivity index (χ4v) is 7.00. The van der Waals surface area contributed by atoms with Gasteiger partial charge in [0.2, 0.25) is 11.0 Å². The van der Waals surface area contributed by atoms with Crippen molar-refractivity contribution < 1.29 is 9.59 Å². The number of aryl methyl sites for hydroxylation is 1. The monoisotopic (exact) mass is 590 g/mol. The minimum Gasteiger partial charge on any atom is -0.384 e. The molecule has 204 valence electrons. The number of nitrogens with two attached hydrogens (primary N) is 1. The molecule has 3 aromatic rings. The molecule has 0 spiro atoms. The van der Waals surface area contributed by atoms with Crippen LogP contribution in [0.1, 0.15) is 43.7 Å². The molecule has 1 aromatic heterocycles. The molecule has 1 atom stereocenters. The number of carbonyl (C=O) groups is 2. The predicted molar refractivity (Wildman–Crippen MR) is 159 cm³/mol. The lowest BCUT2D eigenvalue weighted by Crippen LogP contribution is -2.42. The van der Waals surface area contributed by atoms with Gasteiger partial charge in [0.15, 0.2) is 10.1 Å². The van der Waals surface area contributed by atoms with E-state index in [1.165, 1.54) is 23.1 Å². The average Bonchev–Trinajstić information content (AvgIpc) is 3.36. The SMILES string of the molecule is Cc1cccc(C2C(C#N)=C(N)N(c3nnc(SCC(=O)Nc4ccccc4Cl)s3)C3=C2C(=O)CC(C)(C)C3)c1. The Hall–Kier alpha value is -3.65. The first-order valence-corrected chi connectivity index (χ1v) is 14.8. The second-order valence-electron chi connectivity index (χ2n) is 10.6. The van der Waals surface area contributed by atoms with Gasteiger partial charge in [-0.3, -0.25) is 14.5 Å². The number of carbonyl (C=O) groups excluding carboxylic acids is 2. The third kappa shape index (κ3) is 5.50. The normalized spacial score (nSPS) is 18.4. The van der Waals surface area contributed by atoms with Crippen molar-refractivity contribution in [2.24, 2.45) is 11.1 Å². The van der Waals surface area contributed by atoms with Crippen LogP contribution >= 0.6 is 34.7 Å². The Labute approximate surface area is 245 Å². The number of benzene rings is 2. The predicted octanol–water partition coefficient (Wildman–Crippen LogP) is 6.17. The maximum Gasteiger partial charge on any atom is 0.234 e. The van der Waals surface area contributed by atoms with Gasteiger partial charge in [-0.15, -0.1) is 10.2 Å². The summed E-state index contributed by atoms with van der Waals surface area (Å²) >= 11 is 8.63. The lowest BCUT2D eigenvalue weighted by Gasteiger charge is -2.42. The zero-order valence-corrected chi connectivity index (χ0v) is 24.6. The topological polar surface area (TPSA) is 125 Å². The molecule has 1 amide bonds. The molecule has 2 aliphatic rings. The first-order valence-electron chi connectivity index (χ1n) is 12.6. The highest BCUT2D eigenvalue weighted by Gasteiger charge is 2.45. The van der Waals surface area contributed by atoms with E-state index in [2.05, 4.69) is 21.6 Å². The summed E-state index contributed by atoms with van der Waals surface area (Å²) in [5.41, 5.74) is 10.5. The first kappa shape index (κ1) is 27.9. The molecular formula is C29H27ClN6O2S2.